The maximum Gasteiger partial charge on any atom is 0.164 e. The van der Waals surface area contributed by atoms with Crippen molar-refractivity contribution in [2.45, 2.75) is 0 Å². The number of pyridine rings is 1. The fourth-order valence-corrected chi connectivity index (χ4v) is 21.2. The molecule has 27 rings (SSSR count). The topological polar surface area (TPSA) is 206 Å². The van der Waals surface area contributed by atoms with Crippen LogP contribution in [0.5, 0.6) is 0 Å². The molecule has 141 heavy (non-hydrogen) atoms. The van der Waals surface area contributed by atoms with E-state index in [-0.39, 0.29) is 0 Å². The van der Waals surface area contributed by atoms with Crippen LogP contribution in [0.15, 0.2) is 449 Å². The molecule has 0 saturated carbocycles. The minimum Gasteiger partial charge on any atom is -0.253 e. The molecule has 27 aromatic rings. The molecule has 19 heteroatoms. The summed E-state index contributed by atoms with van der Waals surface area (Å²) in [5, 5.41) is 12.5. The summed E-state index contributed by atoms with van der Waals surface area (Å²) in [6.45, 7) is 0. The van der Waals surface area contributed by atoms with Gasteiger partial charge in [0.1, 0.15) is 31.7 Å². The second-order valence-corrected chi connectivity index (χ2v) is 37.0. The zero-order chi connectivity index (χ0) is 93.5. The van der Waals surface area contributed by atoms with Gasteiger partial charge in [-0.2, -0.15) is 0 Å². The molecule has 0 N–H and O–H groups in total. The van der Waals surface area contributed by atoms with E-state index in [1.165, 1.54) is 30.8 Å². The third-order valence-corrected chi connectivity index (χ3v) is 28.4. The molecule has 0 amide bonds. The zero-order valence-electron chi connectivity index (χ0n) is 75.1. The molecular weight excluding hydrogens is 1790 g/mol. The van der Waals surface area contributed by atoms with E-state index in [9.17, 15) is 0 Å². The first-order chi connectivity index (χ1) is 69.8. The average molecular weight is 1860 g/mol. The van der Waals surface area contributed by atoms with Gasteiger partial charge in [-0.25, -0.2) is 64.8 Å². The highest BCUT2D eigenvalue weighted by Gasteiger charge is 2.23. The molecule has 10 heterocycles. The highest BCUT2D eigenvalue weighted by molar-refractivity contribution is 7.27. The van der Waals surface area contributed by atoms with Gasteiger partial charge in [0.15, 0.2) is 52.4 Å². The highest BCUT2D eigenvalue weighted by atomic mass is 32.1. The number of rotatable bonds is 15. The molecule has 10 aromatic heterocycles. The lowest BCUT2D eigenvalue weighted by Crippen LogP contribution is -2.00. The third kappa shape index (κ3) is 16.9. The fourth-order valence-electron chi connectivity index (χ4n) is 17.9. The Balaban J connectivity index is 0.000000111. The lowest BCUT2D eigenvalue weighted by Gasteiger charge is -2.11. The molecule has 17 aromatic carbocycles. The van der Waals surface area contributed by atoms with Crippen molar-refractivity contribution in [2.75, 3.05) is 0 Å². The van der Waals surface area contributed by atoms with E-state index in [2.05, 4.69) is 295 Å². The molecular formula is C122H74N16S3. The Morgan fingerprint density at radius 2 is 0.482 bits per heavy atom. The van der Waals surface area contributed by atoms with Gasteiger partial charge < -0.3 is 0 Å². The monoisotopic (exact) mass is 1860 g/mol. The molecule has 0 atom stereocenters. The standard InChI is InChI=1S/2C41H25N5S.C40H24N6S/c1-3-11-26(12-4-1)27-21-23-29(24-22-27)39-44-38(28-13-5-2-6-14-28)45-40(46-39)31-16-9-15-30(25-31)32-18-10-19-34-36(32)43-41-37(42-34)33-17-7-8-20-35(33)47-41;1-3-10-26(11-4-1)27-18-20-29(21-19-27)40-42-39(28-12-5-2-6-13-28)43-41(44-40)32-15-9-14-30(24-32)31-22-23-36-34(25-31)37-38(47-36)33-16-7-8-17-35(33)45-46-37;1-3-10-25(11-4-1)26-18-20-28(21-19-26)38-44-37(27-12-5-2-6-13-27)45-39(46-38)30-15-9-14-29(24-30)31-22-23-41-34-35-40(47-36(31)34)43-33-17-8-7-16-32(33)42-35/h2*1-25H;1-24H. The van der Waals surface area contributed by atoms with E-state index in [4.69, 9.17) is 69.8 Å². The minimum absolute atomic E-state index is 0.610. The summed E-state index contributed by atoms with van der Waals surface area (Å²) in [4.78, 5) is 71.3. The number of nitrogens with zero attached hydrogens (tertiary/aromatic N) is 16. The van der Waals surface area contributed by atoms with E-state index in [1.807, 2.05) is 164 Å². The van der Waals surface area contributed by atoms with Crippen LogP contribution >= 0.6 is 34.0 Å². The van der Waals surface area contributed by atoms with Gasteiger partial charge in [-0.15, -0.1) is 44.2 Å². The number of benzene rings is 17. The summed E-state index contributed by atoms with van der Waals surface area (Å²) in [5.74, 6) is 5.63. The predicted octanol–water partition coefficient (Wildman–Crippen LogP) is 30.9. The van der Waals surface area contributed by atoms with E-state index in [0.717, 1.165) is 180 Å². The Morgan fingerprint density at radius 1 is 0.149 bits per heavy atom. The van der Waals surface area contributed by atoms with E-state index < -0.39 is 0 Å². The van der Waals surface area contributed by atoms with Crippen LogP contribution in [0.4, 0.5) is 0 Å². The first-order valence-corrected chi connectivity index (χ1v) is 48.6. The fraction of sp³-hybridized carbons (Fsp3) is 0. The second kappa shape index (κ2) is 37.0. The third-order valence-electron chi connectivity index (χ3n) is 25.0. The summed E-state index contributed by atoms with van der Waals surface area (Å²) in [6, 6.07) is 151. The van der Waals surface area contributed by atoms with Crippen LogP contribution in [0.25, 0.3) is 264 Å². The summed E-state index contributed by atoms with van der Waals surface area (Å²) in [5.41, 5.74) is 29.6. The van der Waals surface area contributed by atoms with Gasteiger partial charge in [-0.1, -0.05) is 376 Å². The van der Waals surface area contributed by atoms with Crippen molar-refractivity contribution in [3.8, 4) is 169 Å². The molecule has 0 spiro atoms. The first-order valence-electron chi connectivity index (χ1n) is 46.1. The summed E-state index contributed by atoms with van der Waals surface area (Å²) in [6.07, 6.45) is 1.85. The Morgan fingerprint density at radius 3 is 0.979 bits per heavy atom. The van der Waals surface area contributed by atoms with Crippen LogP contribution in [-0.4, -0.2) is 80.0 Å². The van der Waals surface area contributed by atoms with Crippen LogP contribution in [-0.2, 0) is 0 Å². The molecule has 0 aliphatic carbocycles. The summed E-state index contributed by atoms with van der Waals surface area (Å²) in [7, 11) is 0. The smallest absolute Gasteiger partial charge is 0.164 e. The maximum absolute atomic E-state index is 5.14. The normalized spacial score (nSPS) is 11.4. The van der Waals surface area contributed by atoms with Gasteiger partial charge in [0.2, 0.25) is 0 Å². The summed E-state index contributed by atoms with van der Waals surface area (Å²) < 4.78 is 4.60. The van der Waals surface area contributed by atoms with Crippen molar-refractivity contribution in [2.24, 2.45) is 0 Å². The van der Waals surface area contributed by atoms with E-state index in [0.29, 0.717) is 52.4 Å². The molecule has 16 nitrogen and oxygen atoms in total. The Kier molecular flexibility index (Phi) is 22.1. The van der Waals surface area contributed by atoms with Crippen molar-refractivity contribution in [3.05, 3.63) is 449 Å². The molecule has 0 aliphatic heterocycles. The van der Waals surface area contributed by atoms with Crippen LogP contribution in [0, 0.1) is 0 Å². The zero-order valence-corrected chi connectivity index (χ0v) is 77.6. The molecule has 0 radical (unpaired) electrons. The van der Waals surface area contributed by atoms with Crippen LogP contribution in [0.2, 0.25) is 0 Å². The largest absolute Gasteiger partial charge is 0.253 e. The van der Waals surface area contributed by atoms with Crippen LogP contribution in [0.3, 0.4) is 0 Å². The molecule has 0 fully saturated rings. The molecule has 0 saturated heterocycles. The minimum atomic E-state index is 0.610. The van der Waals surface area contributed by atoms with Gasteiger partial charge in [-0.05, 0) is 122 Å². The van der Waals surface area contributed by atoms with Crippen molar-refractivity contribution in [1.82, 2.24) is 80.0 Å². The van der Waals surface area contributed by atoms with Gasteiger partial charge in [-0.3, -0.25) is 4.98 Å². The average Bonchev–Trinajstić information content (AvgIpc) is 1.62. The van der Waals surface area contributed by atoms with Crippen molar-refractivity contribution in [1.29, 1.82) is 0 Å². The number of para-hydroxylation sites is 3. The predicted molar refractivity (Wildman–Crippen MR) is 577 cm³/mol. The number of fused-ring (bicyclic) bond motifs is 13. The van der Waals surface area contributed by atoms with Gasteiger partial charge >= 0.3 is 0 Å². The van der Waals surface area contributed by atoms with Crippen molar-refractivity contribution in [3.63, 3.8) is 0 Å². The lowest BCUT2D eigenvalue weighted by molar-refractivity contribution is 1.07. The summed E-state index contributed by atoms with van der Waals surface area (Å²) >= 11 is 5.06. The Labute approximate surface area is 820 Å². The Hall–Kier alpha value is -18.4. The number of thiophene rings is 3. The van der Waals surface area contributed by atoms with Crippen molar-refractivity contribution < 1.29 is 0 Å². The van der Waals surface area contributed by atoms with Crippen LogP contribution in [0.1, 0.15) is 0 Å². The quantitative estimate of drug-likeness (QED) is 0.0935. The molecule has 0 bridgehead atoms. The molecule has 660 valence electrons. The van der Waals surface area contributed by atoms with Gasteiger partial charge in [0.05, 0.1) is 37.0 Å². The Bertz CT molecular complexity index is 9180. The first kappa shape index (κ1) is 84.4. The number of hydrogen-bond donors (Lipinski definition) is 0. The van der Waals surface area contributed by atoms with Gasteiger partial charge in [0, 0.05) is 93.0 Å². The molecule has 0 unspecified atom stereocenters. The van der Waals surface area contributed by atoms with E-state index >= 15 is 0 Å². The SMILES string of the molecule is c1ccc(-c2ccc(-c3nc(-c4ccccc4)nc(-c4cccc(-c5ccc6sc7c8ccccc8nnc7c6c5)c4)n3)cc2)cc1.c1ccc(-c2ccc(-c3nc(-c4ccccc4)nc(-c4cccc(-c5cccc6nc7c(nc56)sc5ccccc57)c4)n3)cc2)cc1.c1ccc(-c2ccc(-c3nc(-c4ccccc4)nc(-c4cccc(-c5ccnc6c5sc5nc7ccccc7nc56)c4)n3)cc2)cc1. The van der Waals surface area contributed by atoms with E-state index in [1.54, 1.807) is 34.0 Å². The van der Waals surface area contributed by atoms with Crippen LogP contribution < -0.4 is 0 Å². The van der Waals surface area contributed by atoms with Gasteiger partial charge in [0.25, 0.3) is 0 Å². The highest BCUT2D eigenvalue weighted by Crippen LogP contribution is 2.44. The number of hydrogen-bond acceptors (Lipinski definition) is 19. The van der Waals surface area contributed by atoms with Crippen molar-refractivity contribution >= 4 is 128 Å². The number of aromatic nitrogens is 16. The molecule has 0 aliphatic rings. The lowest BCUT2D eigenvalue weighted by atomic mass is 10.0. The second-order valence-electron chi connectivity index (χ2n) is 34.0. The maximum atomic E-state index is 5.14.